The topological polar surface area (TPSA) is 16.4 Å². The Hall–Kier alpha value is -7.16. The van der Waals surface area contributed by atoms with Crippen LogP contribution in [0, 0.1) is 0 Å². The van der Waals surface area contributed by atoms with Crippen molar-refractivity contribution in [3.05, 3.63) is 200 Å². The maximum absolute atomic E-state index is 6.67. The molecule has 0 spiro atoms. The normalized spacial score (nSPS) is 11.7. The van der Waals surface area contributed by atoms with Crippen molar-refractivity contribution in [2.45, 2.75) is 0 Å². The SMILES string of the molecule is c1ccc(-c2cccc(N(c3ccc(-c4cccc5c4ccc4ccc6ccccc6c45)cc3)c3cccc4oc5c6ccccc6ccc5c34)c2)cc1. The minimum Gasteiger partial charge on any atom is -0.455 e. The quantitative estimate of drug-likeness (QED) is 0.168. The maximum atomic E-state index is 6.67. The lowest BCUT2D eigenvalue weighted by Gasteiger charge is -2.27. The fraction of sp³-hybridized carbons (Fsp3) is 0. The Balaban J connectivity index is 1.10. The Morgan fingerprint density at radius 2 is 0.981 bits per heavy atom. The molecule has 54 heavy (non-hydrogen) atoms. The van der Waals surface area contributed by atoms with Gasteiger partial charge in [-0.15, -0.1) is 0 Å². The second-order valence-corrected chi connectivity index (χ2v) is 14.1. The van der Waals surface area contributed by atoms with E-state index >= 15 is 0 Å². The average Bonchev–Trinajstić information content (AvgIpc) is 3.64. The number of fused-ring (bicyclic) bond motifs is 10. The van der Waals surface area contributed by atoms with E-state index in [4.69, 9.17) is 4.42 Å². The van der Waals surface area contributed by atoms with Gasteiger partial charge in [-0.3, -0.25) is 0 Å². The first-order valence-corrected chi connectivity index (χ1v) is 18.5. The summed E-state index contributed by atoms with van der Waals surface area (Å²) in [5.74, 6) is 0. The Labute approximate surface area is 312 Å². The van der Waals surface area contributed by atoms with Crippen LogP contribution < -0.4 is 4.90 Å². The summed E-state index contributed by atoms with van der Waals surface area (Å²) >= 11 is 0. The summed E-state index contributed by atoms with van der Waals surface area (Å²) in [4.78, 5) is 2.38. The van der Waals surface area contributed by atoms with Crippen molar-refractivity contribution >= 4 is 82.1 Å². The van der Waals surface area contributed by atoms with Crippen LogP contribution in [0.15, 0.2) is 205 Å². The highest BCUT2D eigenvalue weighted by atomic mass is 16.3. The highest BCUT2D eigenvalue weighted by Crippen LogP contribution is 2.45. The summed E-state index contributed by atoms with van der Waals surface area (Å²) in [5, 5.41) is 12.1. The number of anilines is 3. The summed E-state index contributed by atoms with van der Waals surface area (Å²) in [6.45, 7) is 0. The molecule has 0 aliphatic heterocycles. The predicted octanol–water partition coefficient (Wildman–Crippen LogP) is 15.0. The molecule has 0 unspecified atom stereocenters. The van der Waals surface area contributed by atoms with Crippen molar-refractivity contribution in [3.63, 3.8) is 0 Å². The van der Waals surface area contributed by atoms with Crippen LogP contribution in [0.5, 0.6) is 0 Å². The number of benzene rings is 10. The maximum Gasteiger partial charge on any atom is 0.143 e. The molecule has 0 fully saturated rings. The van der Waals surface area contributed by atoms with Gasteiger partial charge in [0.2, 0.25) is 0 Å². The Morgan fingerprint density at radius 1 is 0.333 bits per heavy atom. The standard InChI is InChI=1S/C52H33NO/c1-2-11-34(12-3-1)39-15-8-16-41(33-39)53(48-21-10-22-49-51(48)47-32-27-36-14-5-7-18-44(36)52(47)54-49)40-29-25-37(26-30-40)42-19-9-20-46-45(42)31-28-38-24-23-35-13-4-6-17-43(35)50(38)46/h1-33H. The molecule has 0 amide bonds. The lowest BCUT2D eigenvalue weighted by molar-refractivity contribution is 0.672. The highest BCUT2D eigenvalue weighted by Gasteiger charge is 2.21. The van der Waals surface area contributed by atoms with E-state index in [1.807, 2.05) is 0 Å². The first-order chi connectivity index (χ1) is 26.8. The zero-order chi connectivity index (χ0) is 35.6. The molecule has 0 aliphatic carbocycles. The van der Waals surface area contributed by atoms with Gasteiger partial charge >= 0.3 is 0 Å². The highest BCUT2D eigenvalue weighted by molar-refractivity contribution is 6.22. The third-order valence-electron chi connectivity index (χ3n) is 11.0. The summed E-state index contributed by atoms with van der Waals surface area (Å²) in [6.07, 6.45) is 0. The van der Waals surface area contributed by atoms with Gasteiger partial charge in [-0.1, -0.05) is 158 Å². The summed E-state index contributed by atoms with van der Waals surface area (Å²) < 4.78 is 6.67. The summed E-state index contributed by atoms with van der Waals surface area (Å²) in [7, 11) is 0. The third kappa shape index (κ3) is 4.81. The number of hydrogen-bond donors (Lipinski definition) is 0. The van der Waals surface area contributed by atoms with Crippen LogP contribution in [-0.4, -0.2) is 0 Å². The largest absolute Gasteiger partial charge is 0.455 e. The molecule has 2 nitrogen and oxygen atoms in total. The molecule has 0 bridgehead atoms. The van der Waals surface area contributed by atoms with E-state index in [9.17, 15) is 0 Å². The first-order valence-electron chi connectivity index (χ1n) is 18.5. The van der Waals surface area contributed by atoms with E-state index in [0.29, 0.717) is 0 Å². The molecule has 0 saturated carbocycles. The van der Waals surface area contributed by atoms with Crippen LogP contribution in [0.1, 0.15) is 0 Å². The molecule has 252 valence electrons. The van der Waals surface area contributed by atoms with E-state index in [1.165, 1.54) is 60.0 Å². The van der Waals surface area contributed by atoms with Crippen LogP contribution >= 0.6 is 0 Å². The smallest absolute Gasteiger partial charge is 0.143 e. The first kappa shape index (κ1) is 30.5. The number of rotatable bonds is 5. The van der Waals surface area contributed by atoms with Crippen molar-refractivity contribution in [1.29, 1.82) is 0 Å². The van der Waals surface area contributed by atoms with E-state index in [2.05, 4.69) is 205 Å². The van der Waals surface area contributed by atoms with Gasteiger partial charge in [0.05, 0.1) is 11.1 Å². The van der Waals surface area contributed by atoms with Crippen LogP contribution in [0.2, 0.25) is 0 Å². The summed E-state index contributed by atoms with van der Waals surface area (Å²) in [5.41, 5.74) is 9.77. The molecular weight excluding hydrogens is 655 g/mol. The lowest BCUT2D eigenvalue weighted by atomic mass is 9.92. The van der Waals surface area contributed by atoms with Crippen LogP contribution in [-0.2, 0) is 0 Å². The van der Waals surface area contributed by atoms with Gasteiger partial charge in [-0.2, -0.15) is 0 Å². The Morgan fingerprint density at radius 3 is 1.85 bits per heavy atom. The van der Waals surface area contributed by atoms with Crippen molar-refractivity contribution in [1.82, 2.24) is 0 Å². The molecule has 11 aromatic rings. The molecule has 0 aliphatic rings. The van der Waals surface area contributed by atoms with Gasteiger partial charge in [0.15, 0.2) is 0 Å². The van der Waals surface area contributed by atoms with Gasteiger partial charge in [0, 0.05) is 22.1 Å². The van der Waals surface area contributed by atoms with Gasteiger partial charge in [-0.25, -0.2) is 0 Å². The van der Waals surface area contributed by atoms with Crippen molar-refractivity contribution in [2.24, 2.45) is 0 Å². The molecule has 0 saturated heterocycles. The molecule has 2 heteroatoms. The van der Waals surface area contributed by atoms with Crippen molar-refractivity contribution < 1.29 is 4.42 Å². The minimum absolute atomic E-state index is 0.871. The van der Waals surface area contributed by atoms with E-state index in [-0.39, 0.29) is 0 Å². The monoisotopic (exact) mass is 687 g/mol. The zero-order valence-electron chi connectivity index (χ0n) is 29.4. The molecule has 1 aromatic heterocycles. The number of hydrogen-bond acceptors (Lipinski definition) is 2. The van der Waals surface area contributed by atoms with E-state index < -0.39 is 0 Å². The average molecular weight is 688 g/mol. The lowest BCUT2D eigenvalue weighted by Crippen LogP contribution is -2.10. The van der Waals surface area contributed by atoms with Crippen molar-refractivity contribution in [3.8, 4) is 22.3 Å². The third-order valence-corrected chi connectivity index (χ3v) is 11.0. The predicted molar refractivity (Wildman–Crippen MR) is 229 cm³/mol. The molecule has 10 aromatic carbocycles. The zero-order valence-corrected chi connectivity index (χ0v) is 29.4. The Kier molecular flexibility index (Phi) is 6.90. The van der Waals surface area contributed by atoms with Gasteiger partial charge in [0.25, 0.3) is 0 Å². The van der Waals surface area contributed by atoms with Gasteiger partial charge in [-0.05, 0) is 102 Å². The fourth-order valence-electron chi connectivity index (χ4n) is 8.51. The van der Waals surface area contributed by atoms with E-state index in [0.717, 1.165) is 44.4 Å². The Bertz CT molecular complexity index is 3210. The summed E-state index contributed by atoms with van der Waals surface area (Å²) in [6, 6.07) is 72.2. The molecule has 0 atom stereocenters. The van der Waals surface area contributed by atoms with Crippen molar-refractivity contribution in [2.75, 3.05) is 4.90 Å². The second-order valence-electron chi connectivity index (χ2n) is 14.1. The minimum atomic E-state index is 0.871. The van der Waals surface area contributed by atoms with E-state index in [1.54, 1.807) is 0 Å². The van der Waals surface area contributed by atoms with Crippen LogP contribution in [0.4, 0.5) is 17.1 Å². The fourth-order valence-corrected chi connectivity index (χ4v) is 8.51. The van der Waals surface area contributed by atoms with Crippen LogP contribution in [0.3, 0.4) is 0 Å². The van der Waals surface area contributed by atoms with Gasteiger partial charge < -0.3 is 9.32 Å². The molecule has 11 rings (SSSR count). The number of furan rings is 1. The van der Waals surface area contributed by atoms with Crippen LogP contribution in [0.25, 0.3) is 87.3 Å². The molecule has 0 radical (unpaired) electrons. The van der Waals surface area contributed by atoms with Gasteiger partial charge in [0.1, 0.15) is 11.2 Å². The second kappa shape index (κ2) is 12.2. The molecule has 1 heterocycles. The molecule has 0 N–H and O–H groups in total. The number of nitrogens with zero attached hydrogens (tertiary/aromatic N) is 1. The molecular formula is C52H33NO.